The van der Waals surface area contributed by atoms with E-state index in [2.05, 4.69) is 31.0 Å². The zero-order valence-corrected chi connectivity index (χ0v) is 11.3. The molecule has 0 aromatic rings. The highest BCUT2D eigenvalue weighted by molar-refractivity contribution is 5.79. The largest absolute Gasteiger partial charge is 0.384 e. The molecule has 0 spiro atoms. The molecule has 0 aliphatic heterocycles. The van der Waals surface area contributed by atoms with E-state index in [0.29, 0.717) is 5.92 Å². The fourth-order valence-corrected chi connectivity index (χ4v) is 1.52. The van der Waals surface area contributed by atoms with Crippen LogP contribution in [0, 0.1) is 5.92 Å². The average Bonchev–Trinajstić information content (AvgIpc) is 2.23. The maximum absolute atomic E-state index is 5.23. The summed E-state index contributed by atoms with van der Waals surface area (Å²) in [5, 5.41) is 0. The molecule has 0 fully saturated rings. The molecule has 16 heavy (non-hydrogen) atoms. The van der Waals surface area contributed by atoms with Crippen LogP contribution in [0.2, 0.25) is 0 Å². The molecular formula is C14H25NO. The molecule has 0 aromatic carbocycles. The lowest BCUT2D eigenvalue weighted by Gasteiger charge is -2.13. The molecule has 0 heterocycles. The Labute approximate surface area is 100 Å². The first-order valence-corrected chi connectivity index (χ1v) is 5.86. The molecule has 0 bridgehead atoms. The van der Waals surface area contributed by atoms with Crippen molar-refractivity contribution in [3.63, 3.8) is 0 Å². The van der Waals surface area contributed by atoms with E-state index in [-0.39, 0.29) is 0 Å². The van der Waals surface area contributed by atoms with E-state index < -0.39 is 0 Å². The van der Waals surface area contributed by atoms with Gasteiger partial charge >= 0.3 is 0 Å². The van der Waals surface area contributed by atoms with Crippen molar-refractivity contribution < 1.29 is 4.74 Å². The van der Waals surface area contributed by atoms with Crippen molar-refractivity contribution in [2.24, 2.45) is 10.9 Å². The van der Waals surface area contributed by atoms with Crippen molar-refractivity contribution in [2.45, 2.75) is 40.5 Å². The highest BCUT2D eigenvalue weighted by Gasteiger charge is 2.07. The van der Waals surface area contributed by atoms with Crippen LogP contribution in [0.25, 0.3) is 0 Å². The summed E-state index contributed by atoms with van der Waals surface area (Å²) in [6.45, 7) is 9.01. The standard InChI is InChI=1S/C14H25NO/c1-6-7-8-14(11-16-5)9-13(4)10-15-12(2)3/h6-7,10,14H,8-9,11H2,1-5H3/b7-6-,13-10-. The van der Waals surface area contributed by atoms with Crippen LogP contribution >= 0.6 is 0 Å². The first-order chi connectivity index (χ1) is 7.60. The Balaban J connectivity index is 4.26. The minimum absolute atomic E-state index is 0.560. The lowest BCUT2D eigenvalue weighted by Crippen LogP contribution is -2.07. The number of ether oxygens (including phenoxy) is 1. The van der Waals surface area contributed by atoms with Gasteiger partial charge in [-0.25, -0.2) is 0 Å². The number of methoxy groups -OCH3 is 1. The maximum Gasteiger partial charge on any atom is 0.0496 e. The maximum atomic E-state index is 5.23. The van der Waals surface area contributed by atoms with Gasteiger partial charge in [0.05, 0.1) is 0 Å². The number of rotatable bonds is 7. The fraction of sp³-hybridized carbons (Fsp3) is 0.643. The molecule has 0 aliphatic carbocycles. The molecule has 92 valence electrons. The summed E-state index contributed by atoms with van der Waals surface area (Å²) in [5.41, 5.74) is 2.41. The fourth-order valence-electron chi connectivity index (χ4n) is 1.52. The van der Waals surface area contributed by atoms with Gasteiger partial charge in [0.2, 0.25) is 0 Å². The third-order valence-electron chi connectivity index (χ3n) is 2.26. The summed E-state index contributed by atoms with van der Waals surface area (Å²) < 4.78 is 5.23. The summed E-state index contributed by atoms with van der Waals surface area (Å²) in [5.74, 6) is 0.560. The van der Waals surface area contributed by atoms with Crippen molar-refractivity contribution in [3.8, 4) is 0 Å². The van der Waals surface area contributed by atoms with Crippen LogP contribution in [0.15, 0.2) is 28.9 Å². The smallest absolute Gasteiger partial charge is 0.0496 e. The molecule has 1 atom stereocenters. The Morgan fingerprint density at radius 2 is 2.00 bits per heavy atom. The Hall–Kier alpha value is -0.890. The van der Waals surface area contributed by atoms with Gasteiger partial charge in [-0.15, -0.1) is 0 Å². The number of aliphatic imine (C=N–C) groups is 1. The lowest BCUT2D eigenvalue weighted by molar-refractivity contribution is 0.153. The highest BCUT2D eigenvalue weighted by atomic mass is 16.5. The Bertz CT molecular complexity index is 260. The summed E-state index contributed by atoms with van der Waals surface area (Å²) in [6, 6.07) is 0. The molecule has 0 saturated carbocycles. The third kappa shape index (κ3) is 8.42. The van der Waals surface area contributed by atoms with E-state index in [1.54, 1.807) is 7.11 Å². The van der Waals surface area contributed by atoms with Crippen molar-refractivity contribution in [1.82, 2.24) is 0 Å². The first-order valence-electron chi connectivity index (χ1n) is 5.86. The monoisotopic (exact) mass is 223 g/mol. The van der Waals surface area contributed by atoms with E-state index in [1.165, 1.54) is 5.57 Å². The SMILES string of the molecule is C/C=C\CC(COC)C/C(C)=C\N=C(C)C. The van der Waals surface area contributed by atoms with Crippen LogP contribution in [0.4, 0.5) is 0 Å². The predicted molar refractivity (Wildman–Crippen MR) is 72.0 cm³/mol. The van der Waals surface area contributed by atoms with Crippen LogP contribution in [0.1, 0.15) is 40.5 Å². The molecular weight excluding hydrogens is 198 g/mol. The molecule has 2 heteroatoms. The molecule has 0 amide bonds. The minimum atomic E-state index is 0.560. The van der Waals surface area contributed by atoms with Gasteiger partial charge in [0.15, 0.2) is 0 Å². The summed E-state index contributed by atoms with van der Waals surface area (Å²) in [7, 11) is 1.76. The highest BCUT2D eigenvalue weighted by Crippen LogP contribution is 2.16. The molecule has 2 nitrogen and oxygen atoms in total. The second kappa shape index (κ2) is 9.34. The lowest BCUT2D eigenvalue weighted by atomic mass is 9.98. The van der Waals surface area contributed by atoms with Gasteiger partial charge in [-0.2, -0.15) is 0 Å². The number of hydrogen-bond acceptors (Lipinski definition) is 2. The van der Waals surface area contributed by atoms with Crippen molar-refractivity contribution >= 4 is 5.71 Å². The third-order valence-corrected chi connectivity index (χ3v) is 2.26. The molecule has 0 N–H and O–H groups in total. The van der Waals surface area contributed by atoms with Gasteiger partial charge in [0.1, 0.15) is 0 Å². The van der Waals surface area contributed by atoms with E-state index in [0.717, 1.165) is 25.2 Å². The first kappa shape index (κ1) is 15.1. The average molecular weight is 223 g/mol. The van der Waals surface area contributed by atoms with Crippen LogP contribution in [-0.2, 0) is 4.74 Å². The van der Waals surface area contributed by atoms with Gasteiger partial charge in [0, 0.05) is 25.6 Å². The topological polar surface area (TPSA) is 21.6 Å². The van der Waals surface area contributed by atoms with Crippen LogP contribution in [0.5, 0.6) is 0 Å². The second-order valence-corrected chi connectivity index (χ2v) is 4.38. The van der Waals surface area contributed by atoms with Crippen molar-refractivity contribution in [1.29, 1.82) is 0 Å². The van der Waals surface area contributed by atoms with Crippen molar-refractivity contribution in [3.05, 3.63) is 23.9 Å². The van der Waals surface area contributed by atoms with E-state index in [4.69, 9.17) is 4.74 Å². The molecule has 1 unspecified atom stereocenters. The zero-order chi connectivity index (χ0) is 12.4. The molecule has 0 aliphatic rings. The van der Waals surface area contributed by atoms with Crippen LogP contribution in [-0.4, -0.2) is 19.4 Å². The molecule has 0 radical (unpaired) electrons. The van der Waals surface area contributed by atoms with E-state index in [1.807, 2.05) is 20.0 Å². The van der Waals surface area contributed by atoms with Gasteiger partial charge in [-0.05, 0) is 46.5 Å². The second-order valence-electron chi connectivity index (χ2n) is 4.38. The van der Waals surface area contributed by atoms with Gasteiger partial charge < -0.3 is 4.74 Å². The Kier molecular flexibility index (Phi) is 8.82. The van der Waals surface area contributed by atoms with Crippen LogP contribution in [0.3, 0.4) is 0 Å². The summed E-state index contributed by atoms with van der Waals surface area (Å²) in [6.07, 6.45) is 8.38. The zero-order valence-electron chi connectivity index (χ0n) is 11.3. The molecule has 0 aromatic heterocycles. The van der Waals surface area contributed by atoms with E-state index >= 15 is 0 Å². The van der Waals surface area contributed by atoms with E-state index in [9.17, 15) is 0 Å². The summed E-state index contributed by atoms with van der Waals surface area (Å²) in [4.78, 5) is 4.31. The molecule has 0 rings (SSSR count). The Morgan fingerprint density at radius 1 is 1.31 bits per heavy atom. The van der Waals surface area contributed by atoms with Crippen molar-refractivity contribution in [2.75, 3.05) is 13.7 Å². The Morgan fingerprint density at radius 3 is 2.50 bits per heavy atom. The quantitative estimate of drug-likeness (QED) is 0.472. The number of allylic oxidation sites excluding steroid dienone is 3. The normalized spacial score (nSPS) is 14.2. The summed E-state index contributed by atoms with van der Waals surface area (Å²) >= 11 is 0. The van der Waals surface area contributed by atoms with Crippen LogP contribution < -0.4 is 0 Å². The predicted octanol–water partition coefficient (Wildman–Crippen LogP) is 3.99. The van der Waals surface area contributed by atoms with Gasteiger partial charge in [0.25, 0.3) is 0 Å². The number of hydrogen-bond donors (Lipinski definition) is 0. The number of nitrogens with zero attached hydrogens (tertiary/aromatic N) is 1. The van der Waals surface area contributed by atoms with Gasteiger partial charge in [-0.1, -0.05) is 17.7 Å². The van der Waals surface area contributed by atoms with Gasteiger partial charge in [-0.3, -0.25) is 4.99 Å². The minimum Gasteiger partial charge on any atom is -0.384 e. The molecule has 0 saturated heterocycles.